The van der Waals surface area contributed by atoms with Gasteiger partial charge >= 0.3 is 6.11 Å². The normalized spacial score (nSPS) is 11.6. The Kier molecular flexibility index (Phi) is 9.41. The van der Waals surface area contributed by atoms with Gasteiger partial charge in [-0.15, -0.1) is 0 Å². The molecule has 1 aromatic heterocycles. The first-order valence-corrected chi connectivity index (χ1v) is 14.1. The molecule has 0 N–H and O–H groups in total. The highest BCUT2D eigenvalue weighted by Gasteiger charge is 2.41. The minimum absolute atomic E-state index is 0.0311. The molecule has 0 amide bonds. The second-order valence-corrected chi connectivity index (χ2v) is 10.5. The summed E-state index contributed by atoms with van der Waals surface area (Å²) in [6, 6.07) is 12.3. The molecule has 0 saturated carbocycles. The average Bonchev–Trinajstić information content (AvgIpc) is 2.99. The van der Waals surface area contributed by atoms with Crippen molar-refractivity contribution in [2.24, 2.45) is 0 Å². The van der Waals surface area contributed by atoms with Gasteiger partial charge in [0, 0.05) is 35.0 Å². The van der Waals surface area contributed by atoms with Crippen LogP contribution in [0.15, 0.2) is 79.0 Å². The summed E-state index contributed by atoms with van der Waals surface area (Å²) in [6.07, 6.45) is 1.08. The molecule has 238 valence electrons. The number of ether oxygens (including phenoxy) is 1. The van der Waals surface area contributed by atoms with Gasteiger partial charge < -0.3 is 4.74 Å². The van der Waals surface area contributed by atoms with E-state index in [-0.39, 0.29) is 28.8 Å². The number of aryl methyl sites for hydroxylation is 1. The van der Waals surface area contributed by atoms with Crippen LogP contribution in [0.2, 0.25) is 0 Å². The highest BCUT2D eigenvalue weighted by molar-refractivity contribution is 5.73. The number of halogens is 9. The minimum atomic E-state index is -4.80. The van der Waals surface area contributed by atoms with E-state index < -0.39 is 63.7 Å². The predicted molar refractivity (Wildman–Crippen MR) is 154 cm³/mol. The standard InChI is InChI=1S/C35H24F9NO/c1-2-3-4-5-19-6-11-32(45-18-19)21-8-10-24(27(37)13-21)20-7-9-25(26(36)12-20)22-14-28(38)33(29(39)15-22)35(43,44)46-23-16-30(40)34(42)31(41)17-23/h6-18H,2-5H2,1H3. The smallest absolute Gasteiger partial charge is 0.429 e. The van der Waals surface area contributed by atoms with Crippen molar-refractivity contribution in [3.05, 3.63) is 131 Å². The van der Waals surface area contributed by atoms with Crippen molar-refractivity contribution in [1.82, 2.24) is 4.98 Å². The lowest BCUT2D eigenvalue weighted by molar-refractivity contribution is -0.189. The van der Waals surface area contributed by atoms with Crippen LogP contribution in [0.1, 0.15) is 37.3 Å². The van der Waals surface area contributed by atoms with E-state index in [9.17, 15) is 30.7 Å². The SMILES string of the molecule is CCCCCc1ccc(-c2ccc(-c3ccc(-c4cc(F)c(C(F)(F)Oc5cc(F)c(F)c(F)c5)c(F)c4)c(F)c3)c(F)c2)nc1. The number of unbranched alkanes of at least 4 members (excludes halogenated alkanes) is 2. The fourth-order valence-electron chi connectivity index (χ4n) is 4.94. The van der Waals surface area contributed by atoms with Crippen LogP contribution in [0.4, 0.5) is 39.5 Å². The molecule has 0 bridgehead atoms. The predicted octanol–water partition coefficient (Wildman–Crippen LogP) is 10.9. The van der Waals surface area contributed by atoms with E-state index in [0.717, 1.165) is 43.4 Å². The molecule has 0 unspecified atom stereocenters. The maximum Gasteiger partial charge on any atom is 0.432 e. The monoisotopic (exact) mass is 645 g/mol. The Bertz CT molecular complexity index is 1840. The molecule has 0 aliphatic rings. The number of hydrogen-bond acceptors (Lipinski definition) is 2. The van der Waals surface area contributed by atoms with Gasteiger partial charge in [0.05, 0.1) is 5.69 Å². The maximum absolute atomic E-state index is 15.2. The lowest BCUT2D eigenvalue weighted by Crippen LogP contribution is -2.25. The van der Waals surface area contributed by atoms with Gasteiger partial charge in [0.2, 0.25) is 0 Å². The largest absolute Gasteiger partial charge is 0.432 e. The van der Waals surface area contributed by atoms with Gasteiger partial charge in [-0.25, -0.2) is 30.7 Å². The second kappa shape index (κ2) is 13.3. The summed E-state index contributed by atoms with van der Waals surface area (Å²) < 4.78 is 133. The lowest BCUT2D eigenvalue weighted by Gasteiger charge is -2.20. The second-order valence-electron chi connectivity index (χ2n) is 10.5. The van der Waals surface area contributed by atoms with Gasteiger partial charge in [-0.05, 0) is 59.9 Å². The molecule has 4 aromatic carbocycles. The molecule has 0 aliphatic heterocycles. The van der Waals surface area contributed by atoms with Crippen LogP contribution in [0.5, 0.6) is 5.75 Å². The number of pyridine rings is 1. The Morgan fingerprint density at radius 1 is 0.609 bits per heavy atom. The molecule has 0 fully saturated rings. The van der Waals surface area contributed by atoms with Crippen molar-refractivity contribution < 1.29 is 44.3 Å². The highest BCUT2D eigenvalue weighted by atomic mass is 19.3. The first-order valence-electron chi connectivity index (χ1n) is 14.1. The minimum Gasteiger partial charge on any atom is -0.429 e. The number of benzene rings is 4. The molecule has 5 rings (SSSR count). The molecule has 0 spiro atoms. The van der Waals surface area contributed by atoms with Crippen LogP contribution in [-0.2, 0) is 12.5 Å². The van der Waals surface area contributed by atoms with Crippen molar-refractivity contribution in [3.8, 4) is 39.3 Å². The quantitative estimate of drug-likeness (QED) is 0.0857. The van der Waals surface area contributed by atoms with Gasteiger partial charge in [0.1, 0.15) is 34.6 Å². The topological polar surface area (TPSA) is 22.1 Å². The zero-order valence-electron chi connectivity index (χ0n) is 24.1. The van der Waals surface area contributed by atoms with E-state index in [1.807, 2.05) is 6.07 Å². The molecule has 0 aliphatic carbocycles. The van der Waals surface area contributed by atoms with Crippen LogP contribution in [0.3, 0.4) is 0 Å². The molecular weight excluding hydrogens is 621 g/mol. The van der Waals surface area contributed by atoms with Crippen molar-refractivity contribution >= 4 is 0 Å². The van der Waals surface area contributed by atoms with Crippen LogP contribution < -0.4 is 4.74 Å². The summed E-state index contributed by atoms with van der Waals surface area (Å²) in [5, 5.41) is 0. The number of aromatic nitrogens is 1. The van der Waals surface area contributed by atoms with Crippen molar-refractivity contribution in [3.63, 3.8) is 0 Å². The van der Waals surface area contributed by atoms with Gasteiger partial charge in [0.25, 0.3) is 0 Å². The summed E-state index contributed by atoms with van der Waals surface area (Å²) >= 11 is 0. The van der Waals surface area contributed by atoms with Gasteiger partial charge in [-0.1, -0.05) is 50.1 Å². The molecule has 0 atom stereocenters. The van der Waals surface area contributed by atoms with Crippen LogP contribution in [0, 0.1) is 40.7 Å². The molecule has 2 nitrogen and oxygen atoms in total. The van der Waals surface area contributed by atoms with Crippen LogP contribution in [0.25, 0.3) is 33.5 Å². The van der Waals surface area contributed by atoms with E-state index >= 15 is 8.78 Å². The summed E-state index contributed by atoms with van der Waals surface area (Å²) in [6.45, 7) is 2.12. The number of nitrogens with zero attached hydrogens (tertiary/aromatic N) is 1. The number of hydrogen-bond donors (Lipinski definition) is 0. The molecule has 5 aromatic rings. The van der Waals surface area contributed by atoms with Crippen molar-refractivity contribution in [1.29, 1.82) is 0 Å². The Balaban J connectivity index is 1.37. The Hall–Kier alpha value is -4.80. The molecule has 0 radical (unpaired) electrons. The van der Waals surface area contributed by atoms with Crippen LogP contribution >= 0.6 is 0 Å². The zero-order valence-corrected chi connectivity index (χ0v) is 24.1. The van der Waals surface area contributed by atoms with E-state index in [1.165, 1.54) is 18.2 Å². The first kappa shape index (κ1) is 32.6. The summed E-state index contributed by atoms with van der Waals surface area (Å²) in [5.74, 6) is -12.4. The van der Waals surface area contributed by atoms with E-state index in [1.54, 1.807) is 18.3 Å². The van der Waals surface area contributed by atoms with Crippen LogP contribution in [-0.4, -0.2) is 4.98 Å². The third-order valence-electron chi connectivity index (χ3n) is 7.29. The maximum atomic E-state index is 15.2. The fourth-order valence-corrected chi connectivity index (χ4v) is 4.94. The molecule has 46 heavy (non-hydrogen) atoms. The molecule has 1 heterocycles. The third-order valence-corrected chi connectivity index (χ3v) is 7.29. The van der Waals surface area contributed by atoms with E-state index in [4.69, 9.17) is 0 Å². The molecule has 11 heteroatoms. The Morgan fingerprint density at radius 3 is 1.74 bits per heavy atom. The summed E-state index contributed by atoms with van der Waals surface area (Å²) in [7, 11) is 0. The summed E-state index contributed by atoms with van der Waals surface area (Å²) in [5.41, 5.74) is -0.547. The lowest BCUT2D eigenvalue weighted by atomic mass is 9.97. The van der Waals surface area contributed by atoms with Gasteiger partial charge in [-0.2, -0.15) is 8.78 Å². The van der Waals surface area contributed by atoms with Crippen molar-refractivity contribution in [2.75, 3.05) is 0 Å². The Morgan fingerprint density at radius 2 is 1.17 bits per heavy atom. The van der Waals surface area contributed by atoms with Crippen molar-refractivity contribution in [2.45, 2.75) is 38.7 Å². The first-order chi connectivity index (χ1) is 21.9. The number of alkyl halides is 2. The van der Waals surface area contributed by atoms with Gasteiger partial charge in [-0.3, -0.25) is 4.98 Å². The zero-order chi connectivity index (χ0) is 33.2. The Labute approximate surface area is 258 Å². The summed E-state index contributed by atoms with van der Waals surface area (Å²) in [4.78, 5) is 4.41. The van der Waals surface area contributed by atoms with E-state index in [2.05, 4.69) is 16.6 Å². The van der Waals surface area contributed by atoms with E-state index in [0.29, 0.717) is 23.4 Å². The molecule has 0 saturated heterocycles. The van der Waals surface area contributed by atoms with Gasteiger partial charge in [0.15, 0.2) is 17.5 Å². The average molecular weight is 646 g/mol. The fraction of sp³-hybridized carbons (Fsp3) is 0.171. The molecular formula is C35H24F9NO. The highest BCUT2D eigenvalue weighted by Crippen LogP contribution is 2.39. The third kappa shape index (κ3) is 6.88. The number of rotatable bonds is 10.